The Morgan fingerprint density at radius 2 is 1.42 bits per heavy atom. The zero-order valence-corrected chi connectivity index (χ0v) is 21.3. The molecule has 2 N–H and O–H groups in total. The summed E-state index contributed by atoms with van der Waals surface area (Å²) < 4.78 is 26.0. The van der Waals surface area contributed by atoms with E-state index in [4.69, 9.17) is 34.3 Å². The van der Waals surface area contributed by atoms with Crippen LogP contribution in [0.25, 0.3) is 0 Å². The largest absolute Gasteiger partial charge is 0.486 e. The fourth-order valence-electron chi connectivity index (χ4n) is 3.68. The lowest BCUT2D eigenvalue weighted by Crippen LogP contribution is -2.10. The molecule has 0 aromatic carbocycles. The van der Waals surface area contributed by atoms with E-state index in [0.29, 0.717) is 49.0 Å². The Kier molecular flexibility index (Phi) is 8.66. The van der Waals surface area contributed by atoms with Crippen LogP contribution in [0.15, 0.2) is 47.1 Å². The molecule has 6 rings (SSSR count). The van der Waals surface area contributed by atoms with Gasteiger partial charge in [0.25, 0.3) is 11.8 Å². The zero-order valence-electron chi connectivity index (χ0n) is 21.3. The first-order valence-corrected chi connectivity index (χ1v) is 11.3. The molecule has 200 valence electrons. The van der Waals surface area contributed by atoms with Gasteiger partial charge in [-0.25, -0.2) is 9.97 Å². The van der Waals surface area contributed by atoms with Crippen LogP contribution < -0.4 is 29.4 Å². The fraction of sp³-hybridized carbons (Fsp3) is 0.333. The smallest absolute Gasteiger partial charge is 0.257 e. The quantitative estimate of drug-likeness (QED) is 0.489. The normalized spacial score (nSPS) is 17.8. The second-order valence-corrected chi connectivity index (χ2v) is 7.62. The number of aromatic nitrogens is 4. The molecule has 14 heteroatoms. The summed E-state index contributed by atoms with van der Waals surface area (Å²) in [4.78, 5) is 17.4. The molecule has 0 aliphatic carbocycles. The van der Waals surface area contributed by atoms with Crippen LogP contribution >= 0.6 is 0 Å². The highest BCUT2D eigenvalue weighted by Gasteiger charge is 2.25. The van der Waals surface area contributed by atoms with Gasteiger partial charge in [0.1, 0.15) is 45.5 Å². The van der Waals surface area contributed by atoms with Crippen molar-refractivity contribution in [2.45, 2.75) is 6.04 Å². The molecule has 0 spiro atoms. The van der Waals surface area contributed by atoms with Crippen LogP contribution in [-0.2, 0) is 9.68 Å². The molecule has 1 unspecified atom stereocenters. The average Bonchev–Trinajstić information content (AvgIpc) is 3.67. The summed E-state index contributed by atoms with van der Waals surface area (Å²) in [6, 6.07) is 5.43. The van der Waals surface area contributed by atoms with Gasteiger partial charge in [0.2, 0.25) is 5.88 Å². The van der Waals surface area contributed by atoms with Gasteiger partial charge < -0.3 is 39.1 Å². The Balaban J connectivity index is 0.000000133. The van der Waals surface area contributed by atoms with Crippen molar-refractivity contribution in [3.8, 4) is 29.1 Å². The van der Waals surface area contributed by atoms with Gasteiger partial charge in [0.05, 0.1) is 37.6 Å². The summed E-state index contributed by atoms with van der Waals surface area (Å²) in [5.74, 6) is 2.83. The molecule has 3 aliphatic heterocycles. The van der Waals surface area contributed by atoms with Gasteiger partial charge in [-0.1, -0.05) is 10.3 Å². The lowest BCUT2D eigenvalue weighted by atomic mass is 10.1. The molecule has 0 saturated carbocycles. The molecule has 0 bridgehead atoms. The van der Waals surface area contributed by atoms with Gasteiger partial charge in [-0.15, -0.1) is 5.10 Å². The maximum atomic E-state index is 5.76. The molecule has 0 amide bonds. The van der Waals surface area contributed by atoms with Crippen LogP contribution in [0, 0.1) is 0 Å². The van der Waals surface area contributed by atoms with E-state index in [0.717, 1.165) is 28.1 Å². The SMILES string of the molecule is CON=C1COc2c1ccnc2OC.CON=C1COc2nnccc21.COc1nccc2c1OCC2N. The number of methoxy groups -OCH3 is 2. The number of hydrogen-bond acceptors (Lipinski definition) is 14. The lowest BCUT2D eigenvalue weighted by molar-refractivity contribution is 0.211. The minimum absolute atomic E-state index is 0.0445. The molecule has 6 heterocycles. The third kappa shape index (κ3) is 5.64. The maximum Gasteiger partial charge on any atom is 0.257 e. The van der Waals surface area contributed by atoms with E-state index in [1.807, 2.05) is 12.1 Å². The molecule has 0 fully saturated rings. The van der Waals surface area contributed by atoms with Gasteiger partial charge in [-0.3, -0.25) is 0 Å². The molecule has 38 heavy (non-hydrogen) atoms. The van der Waals surface area contributed by atoms with Crippen LogP contribution in [0.5, 0.6) is 29.1 Å². The highest BCUT2D eigenvalue weighted by Crippen LogP contribution is 2.37. The van der Waals surface area contributed by atoms with Gasteiger partial charge >= 0.3 is 0 Å². The van der Waals surface area contributed by atoms with Crippen molar-refractivity contribution in [1.82, 2.24) is 20.2 Å². The number of ether oxygens (including phenoxy) is 5. The Morgan fingerprint density at radius 1 is 0.789 bits per heavy atom. The highest BCUT2D eigenvalue weighted by molar-refractivity contribution is 6.06. The Bertz CT molecular complexity index is 1320. The summed E-state index contributed by atoms with van der Waals surface area (Å²) in [6.45, 7) is 1.31. The summed E-state index contributed by atoms with van der Waals surface area (Å²) in [5.41, 5.74) is 9.97. The van der Waals surface area contributed by atoms with Crippen molar-refractivity contribution in [3.63, 3.8) is 0 Å². The predicted octanol–water partition coefficient (Wildman–Crippen LogP) is 1.53. The average molecular weight is 526 g/mol. The Hall–Kier alpha value is -4.72. The van der Waals surface area contributed by atoms with E-state index in [-0.39, 0.29) is 6.04 Å². The van der Waals surface area contributed by atoms with E-state index in [1.54, 1.807) is 38.9 Å². The van der Waals surface area contributed by atoms with Crippen molar-refractivity contribution >= 4 is 11.4 Å². The molecule has 3 aromatic heterocycles. The summed E-state index contributed by atoms with van der Waals surface area (Å²) in [5, 5.41) is 15.1. The molecule has 3 aromatic rings. The number of rotatable bonds is 4. The molecule has 3 aliphatic rings. The van der Waals surface area contributed by atoms with E-state index in [1.165, 1.54) is 14.2 Å². The first kappa shape index (κ1) is 26.3. The number of oxime groups is 2. The minimum atomic E-state index is -0.0445. The van der Waals surface area contributed by atoms with Crippen LogP contribution in [0.3, 0.4) is 0 Å². The van der Waals surface area contributed by atoms with E-state index < -0.39 is 0 Å². The molecule has 1 atom stereocenters. The Morgan fingerprint density at radius 3 is 2.13 bits per heavy atom. The molecule has 14 nitrogen and oxygen atoms in total. The first-order valence-electron chi connectivity index (χ1n) is 11.3. The van der Waals surface area contributed by atoms with Crippen LogP contribution in [-0.4, -0.2) is 79.8 Å². The third-order valence-corrected chi connectivity index (χ3v) is 5.38. The second-order valence-electron chi connectivity index (χ2n) is 7.62. The van der Waals surface area contributed by atoms with Crippen molar-refractivity contribution in [2.24, 2.45) is 16.0 Å². The summed E-state index contributed by atoms with van der Waals surface area (Å²) >= 11 is 0. The Labute approximate surface area is 218 Å². The fourth-order valence-corrected chi connectivity index (χ4v) is 3.68. The molecular formula is C24H27N7O7. The highest BCUT2D eigenvalue weighted by atomic mass is 16.6. The summed E-state index contributed by atoms with van der Waals surface area (Å²) in [7, 11) is 6.12. The molecule has 0 saturated heterocycles. The van der Waals surface area contributed by atoms with Crippen molar-refractivity contribution in [2.75, 3.05) is 48.3 Å². The number of nitrogens with two attached hydrogens (primary N) is 1. The number of nitrogens with zero attached hydrogens (tertiary/aromatic N) is 6. The van der Waals surface area contributed by atoms with Crippen LogP contribution in [0.1, 0.15) is 22.7 Å². The number of hydrogen-bond donors (Lipinski definition) is 1. The van der Waals surface area contributed by atoms with E-state index in [9.17, 15) is 0 Å². The number of pyridine rings is 2. The van der Waals surface area contributed by atoms with E-state index in [2.05, 4.69) is 35.3 Å². The van der Waals surface area contributed by atoms with Gasteiger partial charge in [0.15, 0.2) is 11.5 Å². The van der Waals surface area contributed by atoms with Crippen molar-refractivity contribution < 1.29 is 33.4 Å². The van der Waals surface area contributed by atoms with Crippen LogP contribution in [0.4, 0.5) is 0 Å². The second kappa shape index (κ2) is 12.5. The molecular weight excluding hydrogens is 498 g/mol. The third-order valence-electron chi connectivity index (χ3n) is 5.38. The van der Waals surface area contributed by atoms with E-state index >= 15 is 0 Å². The van der Waals surface area contributed by atoms with Gasteiger partial charge in [-0.2, -0.15) is 5.10 Å². The molecule has 0 radical (unpaired) electrons. The van der Waals surface area contributed by atoms with Crippen molar-refractivity contribution in [1.29, 1.82) is 0 Å². The zero-order chi connectivity index (χ0) is 26.9. The standard InChI is InChI=1S/C9H10N2O3.C8H10N2O2.C7H7N3O2/c1-12-9-8-6(3-4-10-9)7(5-14-8)11-13-2;1-11-8-7-5(2-3-10-8)6(9)4-12-7;1-11-10-6-4-12-7-5(6)2-3-8-9-7/h3-4H,5H2,1-2H3;2-3,6H,4,9H2,1H3;2-3H,4H2,1H3. The maximum absolute atomic E-state index is 5.76. The number of fused-ring (bicyclic) bond motifs is 3. The first-order chi connectivity index (χ1) is 18.6. The topological polar surface area (TPSA) is 167 Å². The minimum Gasteiger partial charge on any atom is -0.486 e. The van der Waals surface area contributed by atoms with Crippen molar-refractivity contribution in [3.05, 3.63) is 53.5 Å². The predicted molar refractivity (Wildman–Crippen MR) is 134 cm³/mol. The van der Waals surface area contributed by atoms with Gasteiger partial charge in [-0.05, 0) is 18.2 Å². The monoisotopic (exact) mass is 525 g/mol. The van der Waals surface area contributed by atoms with Crippen LogP contribution in [0.2, 0.25) is 0 Å². The van der Waals surface area contributed by atoms with Gasteiger partial charge in [0, 0.05) is 18.0 Å². The lowest BCUT2D eigenvalue weighted by Gasteiger charge is -2.03. The summed E-state index contributed by atoms with van der Waals surface area (Å²) in [6.07, 6.45) is 4.92.